The number of carbonyl (C=O) groups is 1. The van der Waals surface area contributed by atoms with E-state index in [1.807, 2.05) is 18.2 Å². The van der Waals surface area contributed by atoms with Gasteiger partial charge in [-0.15, -0.1) is 0 Å². The Labute approximate surface area is 105 Å². The fourth-order valence-electron chi connectivity index (χ4n) is 2.24. The Hall–Kier alpha value is -2.04. The first-order valence-corrected chi connectivity index (χ1v) is 5.65. The topological polar surface area (TPSA) is 68.1 Å². The van der Waals surface area contributed by atoms with E-state index < -0.39 is 0 Å². The highest BCUT2D eigenvalue weighted by Crippen LogP contribution is 2.29. The van der Waals surface area contributed by atoms with Crippen molar-refractivity contribution in [2.75, 3.05) is 14.2 Å². The summed E-state index contributed by atoms with van der Waals surface area (Å²) in [5.74, 6) is 0.130. The van der Waals surface area contributed by atoms with Crippen LogP contribution in [0.2, 0.25) is 0 Å². The fourth-order valence-corrected chi connectivity index (χ4v) is 2.24. The molecule has 1 aromatic carbocycles. The predicted molar refractivity (Wildman–Crippen MR) is 65.1 cm³/mol. The standard InChI is InChI=1S/C13H15NO4/c1-17-10-4-3-8-5-9(13(15)18-2)6-12(14-16)11(8)7-10/h3-4,7,9,16H,5-6H2,1-2H3. The second-order valence-corrected chi connectivity index (χ2v) is 4.20. The van der Waals surface area contributed by atoms with Crippen molar-refractivity contribution in [3.63, 3.8) is 0 Å². The van der Waals surface area contributed by atoms with Crippen LogP contribution in [0.4, 0.5) is 0 Å². The van der Waals surface area contributed by atoms with Crippen LogP contribution >= 0.6 is 0 Å². The molecule has 0 heterocycles. The number of hydrogen-bond donors (Lipinski definition) is 1. The van der Waals surface area contributed by atoms with Gasteiger partial charge in [-0.1, -0.05) is 11.2 Å². The zero-order chi connectivity index (χ0) is 13.1. The van der Waals surface area contributed by atoms with Crippen LogP contribution in [-0.4, -0.2) is 31.1 Å². The van der Waals surface area contributed by atoms with Crippen LogP contribution < -0.4 is 4.74 Å². The number of ether oxygens (including phenoxy) is 2. The Morgan fingerprint density at radius 1 is 1.39 bits per heavy atom. The summed E-state index contributed by atoms with van der Waals surface area (Å²) in [5, 5.41) is 12.4. The van der Waals surface area contributed by atoms with E-state index in [1.54, 1.807) is 7.11 Å². The Balaban J connectivity index is 2.39. The zero-order valence-corrected chi connectivity index (χ0v) is 10.3. The molecule has 96 valence electrons. The molecule has 5 heteroatoms. The summed E-state index contributed by atoms with van der Waals surface area (Å²) in [7, 11) is 2.94. The monoisotopic (exact) mass is 249 g/mol. The average Bonchev–Trinajstić information content (AvgIpc) is 2.44. The molecule has 2 rings (SSSR count). The molecule has 1 N–H and O–H groups in total. The van der Waals surface area contributed by atoms with Crippen LogP contribution in [0.3, 0.4) is 0 Å². The lowest BCUT2D eigenvalue weighted by atomic mass is 9.82. The summed E-state index contributed by atoms with van der Waals surface area (Å²) in [6.07, 6.45) is 0.967. The summed E-state index contributed by atoms with van der Waals surface area (Å²) < 4.78 is 9.88. The van der Waals surface area contributed by atoms with E-state index in [-0.39, 0.29) is 11.9 Å². The van der Waals surface area contributed by atoms with E-state index in [9.17, 15) is 4.79 Å². The van der Waals surface area contributed by atoms with Crippen molar-refractivity contribution < 1.29 is 19.5 Å². The van der Waals surface area contributed by atoms with Gasteiger partial charge in [0.2, 0.25) is 0 Å². The quantitative estimate of drug-likeness (QED) is 0.491. The van der Waals surface area contributed by atoms with Crippen LogP contribution in [0.1, 0.15) is 17.5 Å². The number of carbonyl (C=O) groups excluding carboxylic acids is 1. The molecule has 0 spiro atoms. The maximum Gasteiger partial charge on any atom is 0.309 e. The summed E-state index contributed by atoms with van der Waals surface area (Å²) in [5.41, 5.74) is 2.29. The third-order valence-electron chi connectivity index (χ3n) is 3.19. The molecule has 0 saturated heterocycles. The minimum absolute atomic E-state index is 0.280. The Morgan fingerprint density at radius 2 is 2.17 bits per heavy atom. The van der Waals surface area contributed by atoms with E-state index in [2.05, 4.69) is 5.16 Å². The first-order valence-electron chi connectivity index (χ1n) is 5.65. The van der Waals surface area contributed by atoms with E-state index in [1.165, 1.54) is 7.11 Å². The van der Waals surface area contributed by atoms with Crippen molar-refractivity contribution in [2.45, 2.75) is 12.8 Å². The minimum Gasteiger partial charge on any atom is -0.497 e. The van der Waals surface area contributed by atoms with Crippen molar-refractivity contribution in [1.82, 2.24) is 0 Å². The van der Waals surface area contributed by atoms with Crippen LogP contribution in [0, 0.1) is 5.92 Å². The second kappa shape index (κ2) is 5.08. The van der Waals surface area contributed by atoms with Crippen molar-refractivity contribution in [1.29, 1.82) is 0 Å². The van der Waals surface area contributed by atoms with Crippen molar-refractivity contribution in [2.24, 2.45) is 11.1 Å². The first-order chi connectivity index (χ1) is 8.69. The molecule has 5 nitrogen and oxygen atoms in total. The molecular formula is C13H15NO4. The zero-order valence-electron chi connectivity index (χ0n) is 10.3. The third kappa shape index (κ3) is 2.16. The summed E-state index contributed by atoms with van der Waals surface area (Å²) >= 11 is 0. The number of hydrogen-bond acceptors (Lipinski definition) is 5. The van der Waals surface area contributed by atoms with E-state index in [4.69, 9.17) is 14.7 Å². The van der Waals surface area contributed by atoms with Gasteiger partial charge in [-0.25, -0.2) is 0 Å². The number of fused-ring (bicyclic) bond motifs is 1. The molecule has 0 radical (unpaired) electrons. The molecule has 1 atom stereocenters. The molecule has 18 heavy (non-hydrogen) atoms. The molecule has 0 bridgehead atoms. The van der Waals surface area contributed by atoms with Gasteiger partial charge in [0, 0.05) is 12.0 Å². The highest BCUT2D eigenvalue weighted by Gasteiger charge is 2.29. The number of methoxy groups -OCH3 is 2. The lowest BCUT2D eigenvalue weighted by molar-refractivity contribution is -0.145. The van der Waals surface area contributed by atoms with Gasteiger partial charge >= 0.3 is 5.97 Å². The van der Waals surface area contributed by atoms with E-state index >= 15 is 0 Å². The maximum atomic E-state index is 11.6. The number of oxime groups is 1. The maximum absolute atomic E-state index is 11.6. The Bertz CT molecular complexity index is 496. The van der Waals surface area contributed by atoms with Gasteiger partial charge in [-0.05, 0) is 24.1 Å². The number of nitrogens with zero attached hydrogens (tertiary/aromatic N) is 1. The van der Waals surface area contributed by atoms with Gasteiger partial charge < -0.3 is 14.7 Å². The number of rotatable bonds is 2. The minimum atomic E-state index is -0.290. The number of esters is 1. The molecule has 0 saturated carbocycles. The lowest BCUT2D eigenvalue weighted by Crippen LogP contribution is -2.28. The molecule has 1 aliphatic rings. The molecular weight excluding hydrogens is 234 g/mol. The van der Waals surface area contributed by atoms with Crippen molar-refractivity contribution in [3.05, 3.63) is 29.3 Å². The number of benzene rings is 1. The van der Waals surface area contributed by atoms with E-state index in [0.29, 0.717) is 24.3 Å². The van der Waals surface area contributed by atoms with E-state index in [0.717, 1.165) is 11.1 Å². The summed E-state index contributed by atoms with van der Waals surface area (Å²) in [6.45, 7) is 0. The normalized spacial score (nSPS) is 20.3. The molecule has 0 aliphatic heterocycles. The highest BCUT2D eigenvalue weighted by atomic mass is 16.5. The summed E-state index contributed by atoms with van der Waals surface area (Å²) in [4.78, 5) is 11.6. The first kappa shape index (κ1) is 12.4. The second-order valence-electron chi connectivity index (χ2n) is 4.20. The van der Waals surface area contributed by atoms with Crippen LogP contribution in [0.15, 0.2) is 23.4 Å². The van der Waals surface area contributed by atoms with Crippen molar-refractivity contribution in [3.8, 4) is 5.75 Å². The van der Waals surface area contributed by atoms with Gasteiger partial charge in [0.1, 0.15) is 5.75 Å². The van der Waals surface area contributed by atoms with Gasteiger partial charge in [-0.3, -0.25) is 4.79 Å². The Kier molecular flexibility index (Phi) is 3.50. The van der Waals surface area contributed by atoms with Gasteiger partial charge in [-0.2, -0.15) is 0 Å². The van der Waals surface area contributed by atoms with Gasteiger partial charge in [0.15, 0.2) is 0 Å². The third-order valence-corrected chi connectivity index (χ3v) is 3.19. The molecule has 1 aliphatic carbocycles. The highest BCUT2D eigenvalue weighted by molar-refractivity contribution is 6.04. The molecule has 1 unspecified atom stereocenters. The van der Waals surface area contributed by atoms with Crippen LogP contribution in [0.25, 0.3) is 0 Å². The van der Waals surface area contributed by atoms with Crippen LogP contribution in [-0.2, 0) is 16.0 Å². The predicted octanol–water partition coefficient (Wildman–Crippen LogP) is 1.61. The van der Waals surface area contributed by atoms with Gasteiger partial charge in [0.05, 0.1) is 25.8 Å². The van der Waals surface area contributed by atoms with Crippen LogP contribution in [0.5, 0.6) is 5.75 Å². The molecule has 0 fully saturated rings. The smallest absolute Gasteiger partial charge is 0.309 e. The molecule has 1 aromatic rings. The fraction of sp³-hybridized carbons (Fsp3) is 0.385. The lowest BCUT2D eigenvalue weighted by Gasteiger charge is -2.23. The largest absolute Gasteiger partial charge is 0.497 e. The molecule has 0 amide bonds. The van der Waals surface area contributed by atoms with Gasteiger partial charge in [0.25, 0.3) is 0 Å². The molecule has 0 aromatic heterocycles. The van der Waals surface area contributed by atoms with Crippen molar-refractivity contribution >= 4 is 11.7 Å². The summed E-state index contributed by atoms with van der Waals surface area (Å²) in [6, 6.07) is 5.53. The Morgan fingerprint density at radius 3 is 2.78 bits per heavy atom. The SMILES string of the molecule is COC(=O)C1CC(=NO)c2cc(OC)ccc2C1. The average molecular weight is 249 g/mol.